The van der Waals surface area contributed by atoms with Gasteiger partial charge in [0.25, 0.3) is 0 Å². The summed E-state index contributed by atoms with van der Waals surface area (Å²) in [4.78, 5) is 4.95. The molecule has 1 heterocycles. The van der Waals surface area contributed by atoms with Crippen LogP contribution in [0.15, 0.2) is 18.5 Å². The largest absolute Gasteiger partial charge is 0.489 e. The van der Waals surface area contributed by atoms with Gasteiger partial charge in [0.2, 0.25) is 0 Å². The summed E-state index contributed by atoms with van der Waals surface area (Å²) in [6.45, 7) is 6.40. The van der Waals surface area contributed by atoms with E-state index < -0.39 is 0 Å². The van der Waals surface area contributed by atoms with E-state index in [-0.39, 0.29) is 11.5 Å². The quantitative estimate of drug-likeness (QED) is 0.785. The molecule has 2 atom stereocenters. The molecule has 1 aliphatic rings. The maximum Gasteiger partial charge on any atom is 0.138 e. The Morgan fingerprint density at radius 1 is 1.47 bits per heavy atom. The van der Waals surface area contributed by atoms with Crippen LogP contribution in [-0.4, -0.2) is 15.9 Å². The predicted molar refractivity (Wildman–Crippen MR) is 73.9 cm³/mol. The second kappa shape index (κ2) is 4.97. The van der Waals surface area contributed by atoms with Crippen LogP contribution in [-0.2, 0) is 5.41 Å². The second-order valence-corrected chi connectivity index (χ2v) is 6.77. The first-order chi connectivity index (χ1) is 7.99. The molecule has 1 fully saturated rings. The molecule has 0 aliphatic heterocycles. The van der Waals surface area contributed by atoms with Crippen molar-refractivity contribution in [3.8, 4) is 5.75 Å². The summed E-state index contributed by atoms with van der Waals surface area (Å²) < 4.78 is 5.71. The molecule has 1 aromatic heterocycles. The highest BCUT2D eigenvalue weighted by Crippen LogP contribution is 2.43. The van der Waals surface area contributed by atoms with Crippen molar-refractivity contribution >= 4 is 15.9 Å². The maximum atomic E-state index is 5.71. The standard InChI is InChI=1S/C14H20BrNO/c1-10(2)17-13-6-11(8-16-9-13)14(3)5-4-12(15)7-14/h6,8-10,12H,4-5,7H2,1-3H3. The highest BCUT2D eigenvalue weighted by Gasteiger charge is 2.35. The zero-order valence-electron chi connectivity index (χ0n) is 10.7. The SMILES string of the molecule is CC(C)Oc1cncc(C2(C)CCC(Br)C2)c1. The Labute approximate surface area is 112 Å². The first-order valence-corrected chi connectivity index (χ1v) is 7.17. The van der Waals surface area contributed by atoms with E-state index in [1.165, 1.54) is 24.8 Å². The second-order valence-electron chi connectivity index (χ2n) is 5.48. The van der Waals surface area contributed by atoms with E-state index in [2.05, 4.69) is 33.9 Å². The molecule has 0 spiro atoms. The van der Waals surface area contributed by atoms with E-state index in [1.807, 2.05) is 20.0 Å². The summed E-state index contributed by atoms with van der Waals surface area (Å²) in [7, 11) is 0. The molecule has 1 aromatic rings. The fourth-order valence-electron chi connectivity index (χ4n) is 2.52. The third kappa shape index (κ3) is 3.01. The van der Waals surface area contributed by atoms with Gasteiger partial charge < -0.3 is 4.74 Å². The van der Waals surface area contributed by atoms with E-state index in [4.69, 9.17) is 4.74 Å². The van der Waals surface area contributed by atoms with Gasteiger partial charge in [0, 0.05) is 11.0 Å². The fraction of sp³-hybridized carbons (Fsp3) is 0.643. The van der Waals surface area contributed by atoms with Gasteiger partial charge in [-0.1, -0.05) is 22.9 Å². The van der Waals surface area contributed by atoms with Crippen LogP contribution in [0.3, 0.4) is 0 Å². The van der Waals surface area contributed by atoms with Gasteiger partial charge in [0.1, 0.15) is 5.75 Å². The van der Waals surface area contributed by atoms with Gasteiger partial charge in [-0.2, -0.15) is 0 Å². The third-order valence-electron chi connectivity index (χ3n) is 3.46. The van der Waals surface area contributed by atoms with Crippen LogP contribution >= 0.6 is 15.9 Å². The van der Waals surface area contributed by atoms with Crippen molar-refractivity contribution in [1.82, 2.24) is 4.98 Å². The highest BCUT2D eigenvalue weighted by atomic mass is 79.9. The lowest BCUT2D eigenvalue weighted by Crippen LogP contribution is -2.18. The number of ether oxygens (including phenoxy) is 1. The molecule has 2 unspecified atom stereocenters. The van der Waals surface area contributed by atoms with Crippen LogP contribution in [0.4, 0.5) is 0 Å². The zero-order chi connectivity index (χ0) is 12.5. The summed E-state index contributed by atoms with van der Waals surface area (Å²) in [5.74, 6) is 0.886. The first kappa shape index (κ1) is 12.9. The number of aromatic nitrogens is 1. The highest BCUT2D eigenvalue weighted by molar-refractivity contribution is 9.09. The van der Waals surface area contributed by atoms with E-state index in [0.29, 0.717) is 4.83 Å². The summed E-state index contributed by atoms with van der Waals surface area (Å²) in [6, 6.07) is 2.15. The molecule has 1 saturated carbocycles. The lowest BCUT2D eigenvalue weighted by Gasteiger charge is -2.24. The van der Waals surface area contributed by atoms with Gasteiger partial charge in [-0.05, 0) is 50.2 Å². The topological polar surface area (TPSA) is 22.1 Å². The van der Waals surface area contributed by atoms with Crippen LogP contribution in [0.5, 0.6) is 5.75 Å². The molecule has 0 bridgehead atoms. The number of halogens is 1. The number of hydrogen-bond acceptors (Lipinski definition) is 2. The number of alkyl halides is 1. The molecule has 0 aromatic carbocycles. The van der Waals surface area contributed by atoms with Crippen LogP contribution in [0.1, 0.15) is 45.6 Å². The van der Waals surface area contributed by atoms with Crippen molar-refractivity contribution < 1.29 is 4.74 Å². The summed E-state index contributed by atoms with van der Waals surface area (Å²) in [6.07, 6.45) is 7.62. The molecule has 17 heavy (non-hydrogen) atoms. The molecular formula is C14H20BrNO. The van der Waals surface area contributed by atoms with E-state index >= 15 is 0 Å². The maximum absolute atomic E-state index is 5.71. The summed E-state index contributed by atoms with van der Waals surface area (Å²) in [5, 5.41) is 0. The number of nitrogens with zero attached hydrogens (tertiary/aromatic N) is 1. The number of pyridine rings is 1. The van der Waals surface area contributed by atoms with Crippen LogP contribution in [0.25, 0.3) is 0 Å². The van der Waals surface area contributed by atoms with Crippen LogP contribution < -0.4 is 4.74 Å². The van der Waals surface area contributed by atoms with Gasteiger partial charge in [0.15, 0.2) is 0 Å². The lowest BCUT2D eigenvalue weighted by atomic mass is 9.82. The van der Waals surface area contributed by atoms with Crippen molar-refractivity contribution in [2.24, 2.45) is 0 Å². The summed E-state index contributed by atoms with van der Waals surface area (Å²) >= 11 is 3.72. The Bertz CT molecular complexity index is 394. The van der Waals surface area contributed by atoms with Crippen molar-refractivity contribution in [1.29, 1.82) is 0 Å². The van der Waals surface area contributed by atoms with Gasteiger partial charge in [-0.25, -0.2) is 0 Å². The van der Waals surface area contributed by atoms with Gasteiger partial charge in [0.05, 0.1) is 12.3 Å². The van der Waals surface area contributed by atoms with Gasteiger partial charge in [-0.15, -0.1) is 0 Å². The lowest BCUT2D eigenvalue weighted by molar-refractivity contribution is 0.240. The Hall–Kier alpha value is -0.570. The molecule has 0 saturated heterocycles. The van der Waals surface area contributed by atoms with Gasteiger partial charge in [-0.3, -0.25) is 4.98 Å². The van der Waals surface area contributed by atoms with Crippen molar-refractivity contribution in [3.05, 3.63) is 24.0 Å². The van der Waals surface area contributed by atoms with Crippen LogP contribution in [0, 0.1) is 0 Å². The molecule has 2 nitrogen and oxygen atoms in total. The Balaban J connectivity index is 2.21. The minimum atomic E-state index is 0.201. The molecule has 2 rings (SSSR count). The average molecular weight is 298 g/mol. The molecule has 94 valence electrons. The average Bonchev–Trinajstić information content (AvgIpc) is 2.59. The van der Waals surface area contributed by atoms with Gasteiger partial charge >= 0.3 is 0 Å². The molecule has 3 heteroatoms. The molecule has 1 aliphatic carbocycles. The molecule has 0 radical (unpaired) electrons. The molecule has 0 amide bonds. The minimum Gasteiger partial charge on any atom is -0.489 e. The molecule has 0 N–H and O–H groups in total. The van der Waals surface area contributed by atoms with Crippen LogP contribution in [0.2, 0.25) is 0 Å². The minimum absolute atomic E-state index is 0.201. The Morgan fingerprint density at radius 2 is 2.24 bits per heavy atom. The predicted octanol–water partition coefficient (Wildman–Crippen LogP) is 4.07. The van der Waals surface area contributed by atoms with Crippen molar-refractivity contribution in [2.75, 3.05) is 0 Å². The third-order valence-corrected chi connectivity index (χ3v) is 4.24. The first-order valence-electron chi connectivity index (χ1n) is 6.26. The fourth-order valence-corrected chi connectivity index (χ4v) is 3.46. The number of hydrogen-bond donors (Lipinski definition) is 0. The normalized spacial score (nSPS) is 28.6. The van der Waals surface area contributed by atoms with E-state index in [1.54, 1.807) is 6.20 Å². The van der Waals surface area contributed by atoms with E-state index in [9.17, 15) is 0 Å². The van der Waals surface area contributed by atoms with E-state index in [0.717, 1.165) is 5.75 Å². The zero-order valence-corrected chi connectivity index (χ0v) is 12.3. The Morgan fingerprint density at radius 3 is 2.82 bits per heavy atom. The monoisotopic (exact) mass is 297 g/mol. The number of rotatable bonds is 3. The summed E-state index contributed by atoms with van der Waals surface area (Å²) in [5.41, 5.74) is 1.55. The van der Waals surface area contributed by atoms with Crippen molar-refractivity contribution in [2.45, 2.75) is 56.4 Å². The Kier molecular flexibility index (Phi) is 3.76. The molecular weight excluding hydrogens is 278 g/mol. The van der Waals surface area contributed by atoms with Crippen molar-refractivity contribution in [3.63, 3.8) is 0 Å². The smallest absolute Gasteiger partial charge is 0.138 e.